The second-order valence-electron chi connectivity index (χ2n) is 3.89. The third kappa shape index (κ3) is 2.66. The van der Waals surface area contributed by atoms with Gasteiger partial charge in [-0.3, -0.25) is 4.79 Å². The molecule has 1 amide bonds. The van der Waals surface area contributed by atoms with Gasteiger partial charge in [-0.25, -0.2) is 9.78 Å². The van der Waals surface area contributed by atoms with Crippen molar-refractivity contribution in [3.05, 3.63) is 47.7 Å². The van der Waals surface area contributed by atoms with E-state index in [4.69, 9.17) is 21.3 Å². The zero-order chi connectivity index (χ0) is 14.7. The molecule has 102 valence electrons. The highest BCUT2D eigenvalue weighted by Gasteiger charge is 2.16. The Balaban J connectivity index is 2.45. The van der Waals surface area contributed by atoms with E-state index < -0.39 is 11.9 Å². The molecule has 5 N–H and O–H groups in total. The summed E-state index contributed by atoms with van der Waals surface area (Å²) in [5.41, 5.74) is 10.8. The first kappa shape index (κ1) is 13.3. The third-order valence-corrected chi connectivity index (χ3v) is 2.46. The molecule has 0 radical (unpaired) electrons. The van der Waals surface area contributed by atoms with Crippen molar-refractivity contribution < 1.29 is 19.4 Å². The van der Waals surface area contributed by atoms with Gasteiger partial charge in [0.15, 0.2) is 0 Å². The van der Waals surface area contributed by atoms with Crippen molar-refractivity contribution in [3.8, 4) is 11.6 Å². The van der Waals surface area contributed by atoms with Crippen LogP contribution in [-0.4, -0.2) is 22.0 Å². The lowest BCUT2D eigenvalue weighted by molar-refractivity contribution is 0.0693. The van der Waals surface area contributed by atoms with Gasteiger partial charge in [0.25, 0.3) is 5.91 Å². The summed E-state index contributed by atoms with van der Waals surface area (Å²) in [5, 5.41) is 9.08. The number of nitrogens with zero attached hydrogens (tertiary/aromatic N) is 1. The van der Waals surface area contributed by atoms with E-state index in [1.54, 1.807) is 12.1 Å². The highest BCUT2D eigenvalue weighted by atomic mass is 16.5. The van der Waals surface area contributed by atoms with Gasteiger partial charge in [0.1, 0.15) is 11.3 Å². The Morgan fingerprint density at radius 2 is 1.90 bits per heavy atom. The summed E-state index contributed by atoms with van der Waals surface area (Å²) < 4.78 is 5.37. The van der Waals surface area contributed by atoms with Crippen molar-refractivity contribution in [2.24, 2.45) is 5.73 Å². The molecule has 0 atom stereocenters. The smallest absolute Gasteiger partial charge is 0.341 e. The fourth-order valence-corrected chi connectivity index (χ4v) is 1.57. The molecule has 0 saturated heterocycles. The zero-order valence-corrected chi connectivity index (χ0v) is 10.2. The van der Waals surface area contributed by atoms with Crippen molar-refractivity contribution >= 4 is 17.6 Å². The number of nitrogen functional groups attached to an aromatic ring is 1. The molecule has 0 spiro atoms. The van der Waals surface area contributed by atoms with Crippen LogP contribution in [0, 0.1) is 0 Å². The minimum absolute atomic E-state index is 0.125. The summed E-state index contributed by atoms with van der Waals surface area (Å²) in [5.74, 6) is -1.97. The summed E-state index contributed by atoms with van der Waals surface area (Å²) in [7, 11) is 0. The lowest BCUT2D eigenvalue weighted by Crippen LogP contribution is -2.12. The summed E-state index contributed by atoms with van der Waals surface area (Å²) in [6.45, 7) is 0. The second kappa shape index (κ2) is 5.27. The number of carboxylic acids is 1. The van der Waals surface area contributed by atoms with Crippen LogP contribution in [-0.2, 0) is 0 Å². The summed E-state index contributed by atoms with van der Waals surface area (Å²) >= 11 is 0. The number of carbonyl (C=O) groups excluding carboxylic acids is 1. The van der Waals surface area contributed by atoms with Gasteiger partial charge in [-0.1, -0.05) is 12.1 Å². The third-order valence-electron chi connectivity index (χ3n) is 2.46. The van der Waals surface area contributed by atoms with Crippen LogP contribution in [0.3, 0.4) is 0 Å². The molecule has 1 heterocycles. The molecule has 1 aromatic carbocycles. The zero-order valence-electron chi connectivity index (χ0n) is 10.2. The number of hydrogen-bond acceptors (Lipinski definition) is 5. The molecule has 20 heavy (non-hydrogen) atoms. The van der Waals surface area contributed by atoms with Crippen LogP contribution >= 0.6 is 0 Å². The average Bonchev–Trinajstić information content (AvgIpc) is 2.41. The molecule has 7 nitrogen and oxygen atoms in total. The normalized spacial score (nSPS) is 10.0. The number of primary amides is 1. The molecular weight excluding hydrogens is 262 g/mol. The van der Waals surface area contributed by atoms with E-state index in [1.165, 1.54) is 24.4 Å². The maximum Gasteiger partial charge on any atom is 0.341 e. The maximum absolute atomic E-state index is 11.3. The van der Waals surface area contributed by atoms with E-state index in [2.05, 4.69) is 4.98 Å². The molecule has 2 aromatic rings. The number of aromatic nitrogens is 1. The summed E-state index contributed by atoms with van der Waals surface area (Å²) in [6, 6.07) is 7.41. The van der Waals surface area contributed by atoms with Gasteiger partial charge >= 0.3 is 5.97 Å². The number of anilines is 1. The molecule has 0 aliphatic carbocycles. The predicted molar refractivity (Wildman–Crippen MR) is 70.6 cm³/mol. The molecule has 0 bridgehead atoms. The van der Waals surface area contributed by atoms with E-state index >= 15 is 0 Å². The minimum atomic E-state index is -1.24. The Kier molecular flexibility index (Phi) is 3.52. The first-order valence-corrected chi connectivity index (χ1v) is 5.54. The van der Waals surface area contributed by atoms with Crippen molar-refractivity contribution in [3.63, 3.8) is 0 Å². The highest BCUT2D eigenvalue weighted by Crippen LogP contribution is 2.27. The van der Waals surface area contributed by atoms with Crippen LogP contribution in [0.15, 0.2) is 36.5 Å². The average molecular weight is 273 g/mol. The number of amides is 1. The number of carbonyl (C=O) groups is 2. The monoisotopic (exact) mass is 273 g/mol. The van der Waals surface area contributed by atoms with Crippen LogP contribution in [0.2, 0.25) is 0 Å². The highest BCUT2D eigenvalue weighted by molar-refractivity contribution is 5.96. The summed E-state index contributed by atoms with van der Waals surface area (Å²) in [4.78, 5) is 26.2. The van der Waals surface area contributed by atoms with Gasteiger partial charge in [0.2, 0.25) is 5.88 Å². The van der Waals surface area contributed by atoms with Gasteiger partial charge < -0.3 is 21.3 Å². The number of carboxylic acid groups (broad SMARTS) is 1. The maximum atomic E-state index is 11.3. The number of hydrogen-bond donors (Lipinski definition) is 3. The fourth-order valence-electron chi connectivity index (χ4n) is 1.57. The van der Waals surface area contributed by atoms with Crippen molar-refractivity contribution in [2.75, 3.05) is 5.73 Å². The Morgan fingerprint density at radius 3 is 2.55 bits per heavy atom. The Bertz CT molecular complexity index is 685. The van der Waals surface area contributed by atoms with Gasteiger partial charge in [0, 0.05) is 0 Å². The Morgan fingerprint density at radius 1 is 1.20 bits per heavy atom. The predicted octanol–water partition coefficient (Wildman–Crippen LogP) is 1.25. The quantitative estimate of drug-likeness (QED) is 0.768. The summed E-state index contributed by atoms with van der Waals surface area (Å²) in [6.07, 6.45) is 1.26. The van der Waals surface area contributed by atoms with E-state index in [9.17, 15) is 9.59 Å². The van der Waals surface area contributed by atoms with E-state index in [0.29, 0.717) is 0 Å². The van der Waals surface area contributed by atoms with E-state index in [0.717, 1.165) is 0 Å². The van der Waals surface area contributed by atoms with Crippen LogP contribution in [0.5, 0.6) is 11.6 Å². The largest absolute Gasteiger partial charge is 0.477 e. The molecule has 7 heteroatoms. The molecule has 0 aliphatic rings. The lowest BCUT2D eigenvalue weighted by atomic mass is 10.2. The van der Waals surface area contributed by atoms with E-state index in [1.807, 2.05) is 0 Å². The SMILES string of the molecule is NC(=O)c1ccccc1Oc1ncc(N)cc1C(=O)O. The van der Waals surface area contributed by atoms with Crippen molar-refractivity contribution in [1.29, 1.82) is 0 Å². The Hall–Kier alpha value is -3.09. The topological polar surface area (TPSA) is 129 Å². The fraction of sp³-hybridized carbons (Fsp3) is 0. The molecule has 0 unspecified atom stereocenters. The first-order chi connectivity index (χ1) is 9.49. The molecule has 0 aliphatic heterocycles. The van der Waals surface area contributed by atoms with Crippen molar-refractivity contribution in [1.82, 2.24) is 4.98 Å². The number of rotatable bonds is 4. The van der Waals surface area contributed by atoms with Crippen LogP contribution in [0.4, 0.5) is 5.69 Å². The number of benzene rings is 1. The molecule has 2 rings (SSSR count). The molecule has 0 saturated carbocycles. The minimum Gasteiger partial charge on any atom is -0.477 e. The van der Waals surface area contributed by atoms with Gasteiger partial charge in [0.05, 0.1) is 17.4 Å². The number of aromatic carboxylic acids is 1. The standard InChI is InChI=1S/C13H11N3O4/c14-7-5-9(13(18)19)12(16-6-7)20-10-4-2-1-3-8(10)11(15)17/h1-6H,14H2,(H2,15,17)(H,18,19). The van der Waals surface area contributed by atoms with Crippen LogP contribution < -0.4 is 16.2 Å². The van der Waals surface area contributed by atoms with Gasteiger partial charge in [-0.15, -0.1) is 0 Å². The van der Waals surface area contributed by atoms with E-state index in [-0.39, 0.29) is 28.4 Å². The number of nitrogens with two attached hydrogens (primary N) is 2. The van der Waals surface area contributed by atoms with Gasteiger partial charge in [-0.05, 0) is 18.2 Å². The van der Waals surface area contributed by atoms with Crippen LogP contribution in [0.25, 0.3) is 0 Å². The molecular formula is C13H11N3O4. The van der Waals surface area contributed by atoms with Crippen LogP contribution in [0.1, 0.15) is 20.7 Å². The number of ether oxygens (including phenoxy) is 1. The lowest BCUT2D eigenvalue weighted by Gasteiger charge is -2.10. The Labute approximate surface area is 113 Å². The molecule has 0 fully saturated rings. The second-order valence-corrected chi connectivity index (χ2v) is 3.89. The first-order valence-electron chi connectivity index (χ1n) is 5.54. The van der Waals surface area contributed by atoms with Crippen molar-refractivity contribution in [2.45, 2.75) is 0 Å². The van der Waals surface area contributed by atoms with Gasteiger partial charge in [-0.2, -0.15) is 0 Å². The molecule has 1 aromatic heterocycles. The number of para-hydroxylation sites is 1. The number of pyridine rings is 1.